The van der Waals surface area contributed by atoms with E-state index in [9.17, 15) is 14.9 Å². The summed E-state index contributed by atoms with van der Waals surface area (Å²) >= 11 is 1.32. The molecule has 8 heteroatoms. The number of nitrogen functional groups attached to an aromatic ring is 1. The number of carbonyl (C=O) groups is 1. The molecule has 1 heterocycles. The number of nitro groups is 1. The average molecular weight is 308 g/mol. The lowest BCUT2D eigenvalue weighted by atomic mass is 10.0. The third kappa shape index (κ3) is 3.07. The normalized spacial score (nSPS) is 15.5. The molecule has 7 nitrogen and oxygen atoms in total. The van der Waals surface area contributed by atoms with Crippen molar-refractivity contribution in [2.24, 2.45) is 0 Å². The van der Waals surface area contributed by atoms with Crippen molar-refractivity contribution in [2.45, 2.75) is 13.3 Å². The molecule has 0 fully saturated rings. The topological polar surface area (TPSA) is 102 Å². The van der Waals surface area contributed by atoms with Gasteiger partial charge in [0.25, 0.3) is 5.69 Å². The van der Waals surface area contributed by atoms with Gasteiger partial charge in [-0.25, -0.2) is 5.43 Å². The number of ketones is 1. The Morgan fingerprint density at radius 3 is 2.86 bits per heavy atom. The van der Waals surface area contributed by atoms with Gasteiger partial charge in [-0.05, 0) is 43.1 Å². The third-order valence-electron chi connectivity index (χ3n) is 3.23. The average Bonchev–Trinajstić information content (AvgIpc) is 2.90. The predicted octanol–water partition coefficient (Wildman–Crippen LogP) is 2.12. The maximum Gasteiger partial charge on any atom is 0.292 e. The van der Waals surface area contributed by atoms with Gasteiger partial charge >= 0.3 is 0 Å². The number of hydrazine groups is 1. The molecule has 1 aromatic rings. The lowest BCUT2D eigenvalue weighted by Gasteiger charge is -2.11. The summed E-state index contributed by atoms with van der Waals surface area (Å²) in [7, 11) is 1.78. The number of allylic oxidation sites excluding steroid dienone is 1. The summed E-state index contributed by atoms with van der Waals surface area (Å²) in [4.78, 5) is 23.5. The second-order valence-corrected chi connectivity index (χ2v) is 5.53. The Morgan fingerprint density at radius 1 is 1.57 bits per heavy atom. The number of nitrogens with zero attached hydrogens (tertiary/aromatic N) is 2. The fraction of sp³-hybridized carbons (Fsp3) is 0.308. The predicted molar refractivity (Wildman–Crippen MR) is 82.5 cm³/mol. The van der Waals surface area contributed by atoms with Gasteiger partial charge in [-0.1, -0.05) is 6.92 Å². The Bertz CT molecular complexity index is 630. The van der Waals surface area contributed by atoms with Crippen LogP contribution in [0.25, 0.3) is 0 Å². The minimum atomic E-state index is -0.580. The van der Waals surface area contributed by atoms with Crippen LogP contribution < -0.4 is 11.2 Å². The van der Waals surface area contributed by atoms with Crippen molar-refractivity contribution in [3.63, 3.8) is 0 Å². The number of Topliss-reactive ketones (excluding diaryl/α,β-unsaturated/α-hetero) is 1. The van der Waals surface area contributed by atoms with Gasteiger partial charge in [-0.2, -0.15) is 4.41 Å². The highest BCUT2D eigenvalue weighted by Gasteiger charge is 2.28. The van der Waals surface area contributed by atoms with Crippen molar-refractivity contribution in [1.82, 2.24) is 9.84 Å². The molecule has 0 aromatic heterocycles. The smallest absolute Gasteiger partial charge is 0.292 e. The van der Waals surface area contributed by atoms with E-state index in [1.54, 1.807) is 7.05 Å². The first kappa shape index (κ1) is 15.5. The number of rotatable bonds is 5. The van der Waals surface area contributed by atoms with Gasteiger partial charge in [-0.15, -0.1) is 0 Å². The molecule has 2 rings (SSSR count). The second kappa shape index (κ2) is 6.25. The van der Waals surface area contributed by atoms with Gasteiger partial charge in [0.2, 0.25) is 5.78 Å². The zero-order valence-corrected chi connectivity index (χ0v) is 12.6. The zero-order valence-electron chi connectivity index (χ0n) is 11.8. The fourth-order valence-electron chi connectivity index (χ4n) is 2.03. The Morgan fingerprint density at radius 2 is 2.29 bits per heavy atom. The summed E-state index contributed by atoms with van der Waals surface area (Å²) in [6, 6.07) is 4.15. The van der Waals surface area contributed by atoms with E-state index < -0.39 is 4.92 Å². The van der Waals surface area contributed by atoms with Crippen LogP contribution in [0.3, 0.4) is 0 Å². The molecule has 1 aromatic carbocycles. The second-order valence-electron chi connectivity index (χ2n) is 4.50. The molecule has 1 aliphatic rings. The maximum absolute atomic E-state index is 12.6. The molecule has 0 aliphatic carbocycles. The summed E-state index contributed by atoms with van der Waals surface area (Å²) in [6.45, 7) is 2.63. The summed E-state index contributed by atoms with van der Waals surface area (Å²) < 4.78 is 1.85. The van der Waals surface area contributed by atoms with Gasteiger partial charge in [0.05, 0.1) is 9.83 Å². The van der Waals surface area contributed by atoms with E-state index in [0.717, 1.165) is 12.0 Å². The molecule has 0 atom stereocenters. The molecule has 0 saturated heterocycles. The molecule has 0 unspecified atom stereocenters. The largest absolute Gasteiger partial charge is 0.393 e. The van der Waals surface area contributed by atoms with Gasteiger partial charge < -0.3 is 5.73 Å². The van der Waals surface area contributed by atoms with E-state index in [-0.39, 0.29) is 22.7 Å². The summed E-state index contributed by atoms with van der Waals surface area (Å²) in [6.07, 6.45) is 0.753. The summed E-state index contributed by atoms with van der Waals surface area (Å²) in [5, 5.41) is 10.9. The van der Waals surface area contributed by atoms with E-state index in [1.165, 1.54) is 30.1 Å². The Kier molecular flexibility index (Phi) is 4.61. The SMILES string of the molecule is CCC1=C(C(=O)c2ccc(N)c([N+](=O)[O-])c2)SN(NC)C1. The molecule has 0 spiro atoms. The van der Waals surface area contributed by atoms with E-state index in [1.807, 2.05) is 11.3 Å². The van der Waals surface area contributed by atoms with Gasteiger partial charge in [-0.3, -0.25) is 14.9 Å². The first-order chi connectivity index (χ1) is 9.97. The highest BCUT2D eigenvalue weighted by molar-refractivity contribution is 8.02. The molecule has 21 heavy (non-hydrogen) atoms. The van der Waals surface area contributed by atoms with Gasteiger partial charge in [0.15, 0.2) is 0 Å². The highest BCUT2D eigenvalue weighted by Crippen LogP contribution is 2.35. The van der Waals surface area contributed by atoms with Crippen LogP contribution >= 0.6 is 11.9 Å². The molecule has 0 amide bonds. The van der Waals surface area contributed by atoms with E-state index in [2.05, 4.69) is 5.43 Å². The van der Waals surface area contributed by atoms with E-state index >= 15 is 0 Å². The monoisotopic (exact) mass is 308 g/mol. The van der Waals surface area contributed by atoms with Crippen molar-refractivity contribution in [3.05, 3.63) is 44.4 Å². The Labute approximate surface area is 126 Å². The number of nitrogens with two attached hydrogens (primary N) is 1. The van der Waals surface area contributed by atoms with Crippen molar-refractivity contribution >= 4 is 29.1 Å². The number of hydrogen-bond donors (Lipinski definition) is 2. The molecule has 0 bridgehead atoms. The van der Waals surface area contributed by atoms with Crippen molar-refractivity contribution in [1.29, 1.82) is 0 Å². The van der Waals surface area contributed by atoms with Gasteiger partial charge in [0, 0.05) is 18.2 Å². The van der Waals surface area contributed by atoms with Crippen LogP contribution in [0.1, 0.15) is 23.7 Å². The zero-order chi connectivity index (χ0) is 15.6. The minimum absolute atomic E-state index is 0.0529. The van der Waals surface area contributed by atoms with Crippen molar-refractivity contribution in [2.75, 3.05) is 19.3 Å². The molecular weight excluding hydrogens is 292 g/mol. The Balaban J connectivity index is 2.36. The van der Waals surface area contributed by atoms with Crippen LogP contribution in [0.5, 0.6) is 0 Å². The van der Waals surface area contributed by atoms with E-state index in [4.69, 9.17) is 5.73 Å². The van der Waals surface area contributed by atoms with Gasteiger partial charge in [0.1, 0.15) is 5.69 Å². The molecule has 112 valence electrons. The number of carbonyl (C=O) groups excluding carboxylic acids is 1. The standard InChI is InChI=1S/C13H16N4O3S/c1-3-8-7-16(15-2)21-13(8)12(18)9-4-5-10(14)11(6-9)17(19)20/h4-6,15H,3,7,14H2,1-2H3. The van der Waals surface area contributed by atoms with Crippen LogP contribution in [0.15, 0.2) is 28.7 Å². The lowest BCUT2D eigenvalue weighted by Crippen LogP contribution is -2.26. The number of nitrogens with one attached hydrogen (secondary N) is 1. The maximum atomic E-state index is 12.6. The van der Waals surface area contributed by atoms with Crippen molar-refractivity contribution < 1.29 is 9.72 Å². The van der Waals surface area contributed by atoms with Crippen LogP contribution in [-0.2, 0) is 0 Å². The van der Waals surface area contributed by atoms with Crippen molar-refractivity contribution in [3.8, 4) is 0 Å². The molecule has 0 radical (unpaired) electrons. The van der Waals surface area contributed by atoms with Crippen LogP contribution in [-0.4, -0.2) is 28.7 Å². The molecular formula is C13H16N4O3S. The summed E-state index contributed by atoms with van der Waals surface area (Å²) in [5.41, 5.74) is 9.63. The van der Waals surface area contributed by atoms with Crippen LogP contribution in [0, 0.1) is 10.1 Å². The van der Waals surface area contributed by atoms with E-state index in [0.29, 0.717) is 11.4 Å². The first-order valence-electron chi connectivity index (χ1n) is 6.41. The summed E-state index contributed by atoms with van der Waals surface area (Å²) in [5.74, 6) is -0.210. The number of hydrogen-bond acceptors (Lipinski definition) is 7. The number of anilines is 1. The van der Waals surface area contributed by atoms with Crippen LogP contribution in [0.4, 0.5) is 11.4 Å². The quantitative estimate of drug-likeness (QED) is 0.282. The molecule has 0 saturated carbocycles. The third-order valence-corrected chi connectivity index (χ3v) is 4.42. The highest BCUT2D eigenvalue weighted by atomic mass is 32.2. The molecule has 3 N–H and O–H groups in total. The minimum Gasteiger partial charge on any atom is -0.393 e. The number of nitro benzene ring substituents is 1. The lowest BCUT2D eigenvalue weighted by molar-refractivity contribution is -0.383. The molecule has 1 aliphatic heterocycles. The number of benzene rings is 1. The first-order valence-corrected chi connectivity index (χ1v) is 7.18. The Hall–Kier alpha value is -1.90. The van der Waals surface area contributed by atoms with Crippen LogP contribution in [0.2, 0.25) is 0 Å². The fourth-order valence-corrected chi connectivity index (χ4v) is 3.10.